The number of benzene rings is 3. The molecule has 3 aromatic carbocycles. The maximum atomic E-state index is 12.2. The van der Waals surface area contributed by atoms with Gasteiger partial charge in [-0.2, -0.15) is 0 Å². The van der Waals surface area contributed by atoms with Crippen LogP contribution >= 0.6 is 0 Å². The molecule has 6 nitrogen and oxygen atoms in total. The van der Waals surface area contributed by atoms with Crippen molar-refractivity contribution in [3.8, 4) is 5.75 Å². The van der Waals surface area contributed by atoms with Crippen LogP contribution in [-0.2, 0) is 4.74 Å². The van der Waals surface area contributed by atoms with Gasteiger partial charge in [0, 0.05) is 34.6 Å². The van der Waals surface area contributed by atoms with Crippen molar-refractivity contribution in [1.82, 2.24) is 10.3 Å². The summed E-state index contributed by atoms with van der Waals surface area (Å²) in [6.45, 7) is 3.82. The molecule has 0 radical (unpaired) electrons. The number of alkyl carbamates (subject to hydrolysis) is 1. The molecule has 0 bridgehead atoms. The molecule has 0 aliphatic carbocycles. The van der Waals surface area contributed by atoms with E-state index in [1.807, 2.05) is 85.5 Å². The summed E-state index contributed by atoms with van der Waals surface area (Å²) < 4.78 is 11.1. The van der Waals surface area contributed by atoms with Crippen LogP contribution in [-0.4, -0.2) is 31.0 Å². The number of para-hydroxylation sites is 2. The zero-order valence-corrected chi connectivity index (χ0v) is 17.8. The summed E-state index contributed by atoms with van der Waals surface area (Å²) in [5, 5.41) is 4.74. The van der Waals surface area contributed by atoms with Crippen molar-refractivity contribution in [1.29, 1.82) is 0 Å². The molecule has 0 aliphatic rings. The summed E-state index contributed by atoms with van der Waals surface area (Å²) in [6.07, 6.45) is -0.466. The van der Waals surface area contributed by atoms with Gasteiger partial charge in [0.15, 0.2) is 6.73 Å². The molecule has 6 heteroatoms. The van der Waals surface area contributed by atoms with Crippen molar-refractivity contribution >= 4 is 39.3 Å². The fourth-order valence-corrected chi connectivity index (χ4v) is 3.47. The summed E-state index contributed by atoms with van der Waals surface area (Å²) in [7, 11) is 1.63. The lowest BCUT2D eigenvalue weighted by atomic mass is 10.1. The first-order valence-electron chi connectivity index (χ1n) is 10.2. The van der Waals surface area contributed by atoms with Gasteiger partial charge in [-0.15, -0.1) is 0 Å². The van der Waals surface area contributed by atoms with E-state index in [0.717, 1.165) is 33.2 Å². The highest BCUT2D eigenvalue weighted by Crippen LogP contribution is 2.36. The third kappa shape index (κ3) is 4.53. The minimum Gasteiger partial charge on any atom is -0.497 e. The summed E-state index contributed by atoms with van der Waals surface area (Å²) in [6, 6.07) is 23.8. The maximum Gasteiger partial charge on any atom is 0.409 e. The number of ether oxygens (including phenoxy) is 2. The molecule has 0 saturated carbocycles. The minimum absolute atomic E-state index is 0.00844. The quantitative estimate of drug-likeness (QED) is 0.327. The topological polar surface area (TPSA) is 63.7 Å². The molecule has 158 valence electrons. The Morgan fingerprint density at radius 3 is 2.48 bits per heavy atom. The van der Waals surface area contributed by atoms with Gasteiger partial charge < -0.3 is 19.7 Å². The molecule has 31 heavy (non-hydrogen) atoms. The third-order valence-corrected chi connectivity index (χ3v) is 4.91. The summed E-state index contributed by atoms with van der Waals surface area (Å²) >= 11 is 0. The van der Waals surface area contributed by atoms with Crippen molar-refractivity contribution in [3.05, 3.63) is 72.8 Å². The number of nitrogens with zero attached hydrogens (tertiary/aromatic N) is 2. The zero-order chi connectivity index (χ0) is 21.8. The van der Waals surface area contributed by atoms with Crippen LogP contribution in [0.4, 0.5) is 16.2 Å². The van der Waals surface area contributed by atoms with E-state index in [0.29, 0.717) is 5.75 Å². The van der Waals surface area contributed by atoms with E-state index in [2.05, 4.69) is 11.4 Å². The standard InChI is InChI=1S/C25H25N3O3/c1-17(2)26-25(29)31-16-28(19-10-5-4-6-11-19)24-15-20(30-3)14-23-21(24)13-18-9-7-8-12-22(18)27-23/h4-15,17H,16H2,1-3H3,(H,26,29). The van der Waals surface area contributed by atoms with Gasteiger partial charge in [-0.1, -0.05) is 36.4 Å². The Kier molecular flexibility index (Phi) is 5.89. The van der Waals surface area contributed by atoms with E-state index in [1.54, 1.807) is 7.11 Å². The number of rotatable bonds is 6. The SMILES string of the molecule is COc1cc(N(COC(=O)NC(C)C)c2ccccc2)c2cc3ccccc3nc2c1. The number of pyridine rings is 1. The molecular weight excluding hydrogens is 390 g/mol. The monoisotopic (exact) mass is 415 g/mol. The molecule has 4 rings (SSSR count). The van der Waals surface area contributed by atoms with Gasteiger partial charge in [-0.25, -0.2) is 9.78 Å². The lowest BCUT2D eigenvalue weighted by Gasteiger charge is -2.26. The Balaban J connectivity index is 1.85. The fourth-order valence-electron chi connectivity index (χ4n) is 3.47. The van der Waals surface area contributed by atoms with Crippen LogP contribution in [0.5, 0.6) is 5.75 Å². The number of hydrogen-bond donors (Lipinski definition) is 1. The minimum atomic E-state index is -0.466. The van der Waals surface area contributed by atoms with Crippen molar-refractivity contribution in [2.75, 3.05) is 18.7 Å². The fraction of sp³-hybridized carbons (Fsp3) is 0.200. The second kappa shape index (κ2) is 8.92. The predicted octanol–water partition coefficient (Wildman–Crippen LogP) is 5.63. The van der Waals surface area contributed by atoms with Crippen molar-refractivity contribution in [2.24, 2.45) is 0 Å². The number of aromatic nitrogens is 1. The van der Waals surface area contributed by atoms with Crippen molar-refractivity contribution < 1.29 is 14.3 Å². The summed E-state index contributed by atoms with van der Waals surface area (Å²) in [5.41, 5.74) is 3.45. The Bertz CT molecular complexity index is 1210. The molecule has 0 unspecified atom stereocenters. The zero-order valence-electron chi connectivity index (χ0n) is 17.8. The smallest absolute Gasteiger partial charge is 0.409 e. The first-order valence-corrected chi connectivity index (χ1v) is 10.2. The molecule has 1 amide bonds. The Labute approximate surface area is 181 Å². The lowest BCUT2D eigenvalue weighted by Crippen LogP contribution is -2.34. The second-order valence-electron chi connectivity index (χ2n) is 7.52. The van der Waals surface area contributed by atoms with Gasteiger partial charge in [0.1, 0.15) is 5.75 Å². The molecule has 1 heterocycles. The Morgan fingerprint density at radius 2 is 1.74 bits per heavy atom. The van der Waals surface area contributed by atoms with Gasteiger partial charge in [-0.3, -0.25) is 0 Å². The van der Waals surface area contributed by atoms with Gasteiger partial charge in [0.25, 0.3) is 0 Å². The highest BCUT2D eigenvalue weighted by atomic mass is 16.6. The second-order valence-corrected chi connectivity index (χ2v) is 7.52. The maximum absolute atomic E-state index is 12.2. The number of amides is 1. The highest BCUT2D eigenvalue weighted by Gasteiger charge is 2.18. The van der Waals surface area contributed by atoms with E-state index in [9.17, 15) is 4.79 Å². The van der Waals surface area contributed by atoms with Gasteiger partial charge in [0.2, 0.25) is 0 Å². The summed E-state index contributed by atoms with van der Waals surface area (Å²) in [4.78, 5) is 19.0. The van der Waals surface area contributed by atoms with Crippen molar-refractivity contribution in [3.63, 3.8) is 0 Å². The molecule has 0 spiro atoms. The van der Waals surface area contributed by atoms with Crippen molar-refractivity contribution in [2.45, 2.75) is 19.9 Å². The van der Waals surface area contributed by atoms with Crippen LogP contribution in [0.2, 0.25) is 0 Å². The average molecular weight is 415 g/mol. The van der Waals surface area contributed by atoms with Crippen LogP contribution in [0.15, 0.2) is 72.8 Å². The van der Waals surface area contributed by atoms with E-state index in [-0.39, 0.29) is 12.8 Å². The van der Waals surface area contributed by atoms with E-state index >= 15 is 0 Å². The number of fused-ring (bicyclic) bond motifs is 2. The van der Waals surface area contributed by atoms with Gasteiger partial charge >= 0.3 is 6.09 Å². The number of anilines is 2. The summed E-state index contributed by atoms with van der Waals surface area (Å²) in [5.74, 6) is 0.679. The van der Waals surface area contributed by atoms with Crippen LogP contribution in [0.1, 0.15) is 13.8 Å². The lowest BCUT2D eigenvalue weighted by molar-refractivity contribution is 0.146. The van der Waals surface area contributed by atoms with Crippen LogP contribution in [0.25, 0.3) is 21.8 Å². The Morgan fingerprint density at radius 1 is 1.00 bits per heavy atom. The molecule has 1 N–H and O–H groups in total. The number of carbonyl (C=O) groups excluding carboxylic acids is 1. The number of methoxy groups -OCH3 is 1. The normalized spacial score (nSPS) is 11.0. The average Bonchev–Trinajstić information content (AvgIpc) is 2.77. The molecular formula is C25H25N3O3. The van der Waals surface area contributed by atoms with E-state index in [1.165, 1.54) is 0 Å². The van der Waals surface area contributed by atoms with Crippen LogP contribution < -0.4 is 15.0 Å². The predicted molar refractivity (Wildman–Crippen MR) is 124 cm³/mol. The number of hydrogen-bond acceptors (Lipinski definition) is 5. The highest BCUT2D eigenvalue weighted by molar-refractivity contribution is 6.01. The molecule has 0 fully saturated rings. The first-order chi connectivity index (χ1) is 15.0. The van der Waals surface area contributed by atoms with Gasteiger partial charge in [0.05, 0.1) is 23.8 Å². The molecule has 1 aromatic heterocycles. The van der Waals surface area contributed by atoms with E-state index < -0.39 is 6.09 Å². The molecule has 0 saturated heterocycles. The molecule has 0 aliphatic heterocycles. The number of nitrogens with one attached hydrogen (secondary N) is 1. The van der Waals surface area contributed by atoms with Gasteiger partial charge in [-0.05, 0) is 38.1 Å². The van der Waals surface area contributed by atoms with E-state index in [4.69, 9.17) is 14.5 Å². The first kappa shape index (κ1) is 20.5. The Hall–Kier alpha value is -3.80. The third-order valence-electron chi connectivity index (χ3n) is 4.91. The molecule has 4 aromatic rings. The van der Waals surface area contributed by atoms with Crippen LogP contribution in [0.3, 0.4) is 0 Å². The number of carbonyl (C=O) groups is 1. The molecule has 0 atom stereocenters. The largest absolute Gasteiger partial charge is 0.497 e. The van der Waals surface area contributed by atoms with Crippen LogP contribution in [0, 0.1) is 0 Å².